The van der Waals surface area contributed by atoms with Crippen LogP contribution in [0.1, 0.15) is 31.7 Å². The van der Waals surface area contributed by atoms with Crippen molar-refractivity contribution < 1.29 is 0 Å². The minimum Gasteiger partial charge on any atom is -0.397 e. The number of tetrazole rings is 1. The predicted molar refractivity (Wildman–Crippen MR) is 70.2 cm³/mol. The summed E-state index contributed by atoms with van der Waals surface area (Å²) in [6.45, 7) is 0. The summed E-state index contributed by atoms with van der Waals surface area (Å²) in [6.07, 6.45) is 4.71. The van der Waals surface area contributed by atoms with Crippen molar-refractivity contribution in [2.24, 2.45) is 0 Å². The molecule has 0 spiro atoms. The van der Waals surface area contributed by atoms with Crippen molar-refractivity contribution in [1.82, 2.24) is 20.2 Å². The molecule has 0 radical (unpaired) electrons. The Bertz CT molecular complexity index is 559. The third-order valence-corrected chi connectivity index (χ3v) is 3.79. The first-order valence-electron chi connectivity index (χ1n) is 6.09. The van der Waals surface area contributed by atoms with Gasteiger partial charge < -0.3 is 5.73 Å². The summed E-state index contributed by atoms with van der Waals surface area (Å²) in [5.41, 5.74) is 7.34. The quantitative estimate of drug-likeness (QED) is 0.846. The third-order valence-electron chi connectivity index (χ3n) is 3.46. The van der Waals surface area contributed by atoms with Gasteiger partial charge in [-0.3, -0.25) is 0 Å². The molecule has 1 aromatic heterocycles. The maximum atomic E-state index is 6.04. The van der Waals surface area contributed by atoms with Crippen LogP contribution in [-0.4, -0.2) is 20.2 Å². The number of rotatable bonds is 2. The topological polar surface area (TPSA) is 69.6 Å². The monoisotopic (exact) mass is 263 g/mol. The first-order valence-corrected chi connectivity index (χ1v) is 6.47. The van der Waals surface area contributed by atoms with Gasteiger partial charge in [0.25, 0.3) is 0 Å². The van der Waals surface area contributed by atoms with Gasteiger partial charge in [0.1, 0.15) is 0 Å². The van der Waals surface area contributed by atoms with Crippen molar-refractivity contribution in [3.05, 3.63) is 23.2 Å². The second kappa shape index (κ2) is 4.57. The standard InChI is InChI=1S/C12H14ClN5/c13-10-7-3-6-9(11(10)14)12-15-16-17-18(12)8-4-1-2-5-8/h3,6-8H,1-2,4-5,14H2. The Morgan fingerprint density at radius 1 is 1.28 bits per heavy atom. The van der Waals surface area contributed by atoms with E-state index in [-0.39, 0.29) is 0 Å². The minimum atomic E-state index is 0.383. The van der Waals surface area contributed by atoms with Crippen molar-refractivity contribution in [2.75, 3.05) is 5.73 Å². The predicted octanol–water partition coefficient (Wildman–Crippen LogP) is 2.69. The molecule has 94 valence electrons. The van der Waals surface area contributed by atoms with Crippen molar-refractivity contribution in [3.63, 3.8) is 0 Å². The van der Waals surface area contributed by atoms with Crippen molar-refractivity contribution in [1.29, 1.82) is 0 Å². The van der Waals surface area contributed by atoms with Crippen molar-refractivity contribution in [3.8, 4) is 11.4 Å². The zero-order valence-corrected chi connectivity index (χ0v) is 10.6. The lowest BCUT2D eigenvalue weighted by molar-refractivity contribution is 0.458. The van der Waals surface area contributed by atoms with Crippen LogP contribution in [0.4, 0.5) is 5.69 Å². The van der Waals surface area contributed by atoms with Gasteiger partial charge in [0, 0.05) is 5.56 Å². The van der Waals surface area contributed by atoms with Crippen LogP contribution in [0.25, 0.3) is 11.4 Å². The van der Waals surface area contributed by atoms with Crippen LogP contribution < -0.4 is 5.73 Å². The number of hydrogen-bond donors (Lipinski definition) is 1. The van der Waals surface area contributed by atoms with Gasteiger partial charge in [-0.05, 0) is 35.4 Å². The highest BCUT2D eigenvalue weighted by atomic mass is 35.5. The van der Waals surface area contributed by atoms with Crippen LogP contribution in [0.3, 0.4) is 0 Å². The molecule has 6 heteroatoms. The molecule has 1 fully saturated rings. The second-order valence-corrected chi connectivity index (χ2v) is 4.99. The third kappa shape index (κ3) is 1.84. The Labute approximate surface area is 110 Å². The fourth-order valence-corrected chi connectivity index (χ4v) is 2.67. The summed E-state index contributed by atoms with van der Waals surface area (Å²) in [6, 6.07) is 5.91. The highest BCUT2D eigenvalue weighted by Crippen LogP contribution is 2.35. The number of aromatic nitrogens is 4. The molecule has 1 aromatic carbocycles. The van der Waals surface area contributed by atoms with Gasteiger partial charge >= 0.3 is 0 Å². The van der Waals surface area contributed by atoms with Crippen LogP contribution in [0.2, 0.25) is 5.02 Å². The molecule has 3 rings (SSSR count). The first kappa shape index (κ1) is 11.5. The molecule has 1 aliphatic carbocycles. The van der Waals surface area contributed by atoms with Crippen LogP contribution in [-0.2, 0) is 0 Å². The fraction of sp³-hybridized carbons (Fsp3) is 0.417. The number of para-hydroxylation sites is 1. The summed E-state index contributed by atoms with van der Waals surface area (Å²) in [5, 5.41) is 12.5. The molecule has 1 aliphatic rings. The smallest absolute Gasteiger partial charge is 0.184 e. The average Bonchev–Trinajstić information content (AvgIpc) is 3.01. The Kier molecular flexibility index (Phi) is 2.91. The molecule has 5 nitrogen and oxygen atoms in total. The van der Waals surface area contributed by atoms with E-state index in [4.69, 9.17) is 17.3 Å². The number of anilines is 1. The maximum Gasteiger partial charge on any atom is 0.184 e. The number of halogens is 1. The number of nitrogens with two attached hydrogens (primary N) is 1. The summed E-state index contributed by atoms with van der Waals surface area (Å²) in [4.78, 5) is 0. The molecule has 0 unspecified atom stereocenters. The molecule has 1 heterocycles. The number of hydrogen-bond acceptors (Lipinski definition) is 4. The molecular formula is C12H14ClN5. The summed E-state index contributed by atoms with van der Waals surface area (Å²) >= 11 is 6.04. The van der Waals surface area contributed by atoms with E-state index in [1.807, 2.05) is 16.8 Å². The molecule has 2 N–H and O–H groups in total. The van der Waals surface area contributed by atoms with E-state index in [1.54, 1.807) is 6.07 Å². The van der Waals surface area contributed by atoms with Crippen LogP contribution in [0.15, 0.2) is 18.2 Å². The zero-order chi connectivity index (χ0) is 12.5. The molecule has 1 saturated carbocycles. The molecular weight excluding hydrogens is 250 g/mol. The molecule has 0 saturated heterocycles. The maximum absolute atomic E-state index is 6.04. The Morgan fingerprint density at radius 2 is 2.06 bits per heavy atom. The van der Waals surface area contributed by atoms with E-state index < -0.39 is 0 Å². The van der Waals surface area contributed by atoms with E-state index in [0.29, 0.717) is 22.6 Å². The minimum absolute atomic E-state index is 0.383. The molecule has 2 aromatic rings. The van der Waals surface area contributed by atoms with E-state index in [9.17, 15) is 0 Å². The SMILES string of the molecule is Nc1c(Cl)cccc1-c1nnnn1C1CCCC1. The van der Waals surface area contributed by atoms with E-state index in [1.165, 1.54) is 12.8 Å². The lowest BCUT2D eigenvalue weighted by Gasteiger charge is -2.12. The van der Waals surface area contributed by atoms with Gasteiger partial charge in [-0.25, -0.2) is 4.68 Å². The molecule has 0 amide bonds. The van der Waals surface area contributed by atoms with Gasteiger partial charge in [0.2, 0.25) is 0 Å². The molecule has 0 atom stereocenters. The molecule has 0 aliphatic heterocycles. The Hall–Kier alpha value is -1.62. The number of nitrogens with zero attached hydrogens (tertiary/aromatic N) is 4. The fourth-order valence-electron chi connectivity index (χ4n) is 2.50. The highest BCUT2D eigenvalue weighted by Gasteiger charge is 2.23. The normalized spacial score (nSPS) is 16.3. The molecule has 0 bridgehead atoms. The Morgan fingerprint density at radius 3 is 2.83 bits per heavy atom. The Balaban J connectivity index is 2.06. The van der Waals surface area contributed by atoms with Gasteiger partial charge in [-0.2, -0.15) is 0 Å². The lowest BCUT2D eigenvalue weighted by atomic mass is 10.1. The van der Waals surface area contributed by atoms with Crippen molar-refractivity contribution in [2.45, 2.75) is 31.7 Å². The van der Waals surface area contributed by atoms with E-state index in [2.05, 4.69) is 15.5 Å². The van der Waals surface area contributed by atoms with Crippen LogP contribution in [0.5, 0.6) is 0 Å². The van der Waals surface area contributed by atoms with Gasteiger partial charge in [-0.15, -0.1) is 5.10 Å². The second-order valence-electron chi connectivity index (χ2n) is 4.59. The summed E-state index contributed by atoms with van der Waals surface area (Å²) in [7, 11) is 0. The van der Waals surface area contributed by atoms with E-state index >= 15 is 0 Å². The van der Waals surface area contributed by atoms with E-state index in [0.717, 1.165) is 18.4 Å². The number of benzene rings is 1. The average molecular weight is 264 g/mol. The van der Waals surface area contributed by atoms with Gasteiger partial charge in [-0.1, -0.05) is 30.5 Å². The number of nitrogen functional groups attached to an aromatic ring is 1. The van der Waals surface area contributed by atoms with Crippen molar-refractivity contribution >= 4 is 17.3 Å². The first-order chi connectivity index (χ1) is 8.77. The highest BCUT2D eigenvalue weighted by molar-refractivity contribution is 6.33. The molecule has 18 heavy (non-hydrogen) atoms. The van der Waals surface area contributed by atoms with Crippen LogP contribution in [0, 0.1) is 0 Å². The summed E-state index contributed by atoms with van der Waals surface area (Å²) < 4.78 is 1.88. The lowest BCUT2D eigenvalue weighted by Crippen LogP contribution is -2.09. The summed E-state index contributed by atoms with van der Waals surface area (Å²) in [5.74, 6) is 0.710. The van der Waals surface area contributed by atoms with Gasteiger partial charge in [0.15, 0.2) is 5.82 Å². The zero-order valence-electron chi connectivity index (χ0n) is 9.88. The van der Waals surface area contributed by atoms with Crippen LogP contribution >= 0.6 is 11.6 Å². The largest absolute Gasteiger partial charge is 0.397 e. The van der Waals surface area contributed by atoms with Gasteiger partial charge in [0.05, 0.1) is 16.8 Å².